The molecule has 1 unspecified atom stereocenters. The minimum atomic E-state index is -0.583. The average molecular weight is 137 g/mol. The van der Waals surface area contributed by atoms with Gasteiger partial charge in [0.25, 0.3) is 0 Å². The summed E-state index contributed by atoms with van der Waals surface area (Å²) < 4.78 is -0.583. The van der Waals surface area contributed by atoms with E-state index in [1.54, 1.807) is 0 Å². The average Bonchev–Trinajstić information content (AvgIpc) is 1.91. The Kier molecular flexibility index (Phi) is 0.919. The summed E-state index contributed by atoms with van der Waals surface area (Å²) in [5.74, 6) is 0.302. The van der Waals surface area contributed by atoms with Crippen LogP contribution in [0.25, 0.3) is 0 Å². The van der Waals surface area contributed by atoms with Gasteiger partial charge in [-0.2, -0.15) is 0 Å². The van der Waals surface area contributed by atoms with E-state index < -0.39 is 4.33 Å². The molecule has 1 rings (SSSR count). The van der Waals surface area contributed by atoms with Crippen molar-refractivity contribution in [3.8, 4) is 0 Å². The lowest BCUT2D eigenvalue weighted by molar-refractivity contribution is 0.986. The second-order valence-electron chi connectivity index (χ2n) is 1.87. The summed E-state index contributed by atoms with van der Waals surface area (Å²) in [7, 11) is 0. The van der Waals surface area contributed by atoms with E-state index in [4.69, 9.17) is 23.2 Å². The maximum absolute atomic E-state index is 5.61. The molecule has 1 aliphatic rings. The molecule has 1 saturated carbocycles. The lowest BCUT2D eigenvalue weighted by Gasteiger charge is -1.84. The molecule has 7 heavy (non-hydrogen) atoms. The van der Waals surface area contributed by atoms with Gasteiger partial charge in [0, 0.05) is 5.92 Å². The number of rotatable bonds is 0. The number of allylic oxidation sites excluding steroid dienone is 1. The molecule has 0 heterocycles. The first-order valence-electron chi connectivity index (χ1n) is 2.14. The van der Waals surface area contributed by atoms with Crippen molar-refractivity contribution < 1.29 is 0 Å². The van der Waals surface area contributed by atoms with Crippen LogP contribution in [-0.2, 0) is 0 Å². The SMILES string of the molecule is C=C1C(C)C1(Cl)Cl. The van der Waals surface area contributed by atoms with Gasteiger partial charge in [-0.15, -0.1) is 0 Å². The lowest BCUT2D eigenvalue weighted by atomic mass is 10.5. The fourth-order valence-corrected chi connectivity index (χ4v) is 0.959. The highest BCUT2D eigenvalue weighted by Gasteiger charge is 2.53. The molecule has 0 nitrogen and oxygen atoms in total. The maximum atomic E-state index is 5.61. The number of halogens is 2. The zero-order valence-corrected chi connectivity index (χ0v) is 5.55. The van der Waals surface area contributed by atoms with Gasteiger partial charge in [0.15, 0.2) is 0 Å². The normalized spacial score (nSPS) is 35.9. The molecule has 0 aromatic heterocycles. The minimum absolute atomic E-state index is 0.302. The largest absolute Gasteiger partial charge is 0.145 e. The highest BCUT2D eigenvalue weighted by atomic mass is 35.5. The molecule has 40 valence electrons. The Labute approximate surface area is 53.1 Å². The van der Waals surface area contributed by atoms with Crippen LogP contribution >= 0.6 is 23.2 Å². The van der Waals surface area contributed by atoms with E-state index in [2.05, 4.69) is 6.58 Å². The first-order chi connectivity index (χ1) is 3.07. The molecule has 0 radical (unpaired) electrons. The highest BCUT2D eigenvalue weighted by molar-refractivity contribution is 6.54. The van der Waals surface area contributed by atoms with Crippen LogP contribution in [0.3, 0.4) is 0 Å². The van der Waals surface area contributed by atoms with Gasteiger partial charge in [-0.25, -0.2) is 0 Å². The van der Waals surface area contributed by atoms with Crippen LogP contribution in [0, 0.1) is 5.92 Å². The molecule has 0 spiro atoms. The molecule has 1 fully saturated rings. The Morgan fingerprint density at radius 3 is 1.86 bits per heavy atom. The first kappa shape index (κ1) is 5.46. The molecule has 1 aliphatic carbocycles. The second-order valence-corrected chi connectivity index (χ2v) is 3.26. The van der Waals surface area contributed by atoms with E-state index in [-0.39, 0.29) is 0 Å². The molecule has 0 aromatic carbocycles. The van der Waals surface area contributed by atoms with Crippen LogP contribution in [0.4, 0.5) is 0 Å². The van der Waals surface area contributed by atoms with Gasteiger partial charge in [0.05, 0.1) is 0 Å². The van der Waals surface area contributed by atoms with Crippen molar-refractivity contribution in [2.24, 2.45) is 5.92 Å². The fourth-order valence-electron chi connectivity index (χ4n) is 0.477. The fraction of sp³-hybridized carbons (Fsp3) is 0.600. The molecule has 0 amide bonds. The Bertz CT molecular complexity index is 115. The summed E-state index contributed by atoms with van der Waals surface area (Å²) in [6.07, 6.45) is 0. The van der Waals surface area contributed by atoms with Gasteiger partial charge in [-0.3, -0.25) is 0 Å². The third-order valence-electron chi connectivity index (χ3n) is 1.41. The maximum Gasteiger partial charge on any atom is 0.145 e. The van der Waals surface area contributed by atoms with E-state index >= 15 is 0 Å². The molecular formula is C5H6Cl2. The van der Waals surface area contributed by atoms with Gasteiger partial charge in [-0.1, -0.05) is 36.7 Å². The predicted octanol–water partition coefficient (Wildman–Crippen LogP) is 2.37. The summed E-state index contributed by atoms with van der Waals surface area (Å²) in [6, 6.07) is 0. The lowest BCUT2D eigenvalue weighted by Crippen LogP contribution is -1.82. The standard InChI is InChI=1S/C5H6Cl2/c1-3-4(2)5(3,6)7/h4H,1H2,2H3. The van der Waals surface area contributed by atoms with Gasteiger partial charge in [0.2, 0.25) is 0 Å². The van der Waals surface area contributed by atoms with Crippen molar-refractivity contribution in [2.45, 2.75) is 11.3 Å². The summed E-state index contributed by atoms with van der Waals surface area (Å²) in [4.78, 5) is 0. The monoisotopic (exact) mass is 136 g/mol. The van der Waals surface area contributed by atoms with E-state index in [0.29, 0.717) is 5.92 Å². The van der Waals surface area contributed by atoms with E-state index in [1.165, 1.54) is 0 Å². The van der Waals surface area contributed by atoms with Crippen molar-refractivity contribution in [3.05, 3.63) is 12.2 Å². The molecule has 1 atom stereocenters. The van der Waals surface area contributed by atoms with Gasteiger partial charge >= 0.3 is 0 Å². The van der Waals surface area contributed by atoms with Crippen LogP contribution in [0.2, 0.25) is 0 Å². The summed E-state index contributed by atoms with van der Waals surface area (Å²) in [5.41, 5.74) is 0.941. The van der Waals surface area contributed by atoms with Gasteiger partial charge in [0.1, 0.15) is 4.33 Å². The second kappa shape index (κ2) is 1.18. The molecule has 0 aromatic rings. The Morgan fingerprint density at radius 1 is 1.71 bits per heavy atom. The summed E-state index contributed by atoms with van der Waals surface area (Å²) in [6.45, 7) is 5.60. The zero-order valence-electron chi connectivity index (χ0n) is 4.04. The molecule has 2 heteroatoms. The van der Waals surface area contributed by atoms with Crippen molar-refractivity contribution >= 4 is 23.2 Å². The van der Waals surface area contributed by atoms with E-state index in [1.807, 2.05) is 6.92 Å². The highest BCUT2D eigenvalue weighted by Crippen LogP contribution is 2.57. The number of hydrogen-bond donors (Lipinski definition) is 0. The molecule has 0 bridgehead atoms. The third-order valence-corrected chi connectivity index (χ3v) is 2.55. The topological polar surface area (TPSA) is 0 Å². The van der Waals surface area contributed by atoms with E-state index in [9.17, 15) is 0 Å². The third kappa shape index (κ3) is 0.575. The summed E-state index contributed by atoms with van der Waals surface area (Å²) in [5, 5.41) is 0. The Morgan fingerprint density at radius 2 is 1.86 bits per heavy atom. The molecule has 0 aliphatic heterocycles. The minimum Gasteiger partial charge on any atom is -0.0965 e. The van der Waals surface area contributed by atoms with E-state index in [0.717, 1.165) is 5.57 Å². The van der Waals surface area contributed by atoms with Crippen LogP contribution in [0.5, 0.6) is 0 Å². The van der Waals surface area contributed by atoms with Crippen LogP contribution in [0.1, 0.15) is 6.92 Å². The number of hydrogen-bond acceptors (Lipinski definition) is 0. The van der Waals surface area contributed by atoms with Crippen molar-refractivity contribution in [1.82, 2.24) is 0 Å². The smallest absolute Gasteiger partial charge is 0.0965 e. The Balaban J connectivity index is 2.70. The van der Waals surface area contributed by atoms with Crippen molar-refractivity contribution in [2.75, 3.05) is 0 Å². The van der Waals surface area contributed by atoms with Crippen molar-refractivity contribution in [3.63, 3.8) is 0 Å². The van der Waals surface area contributed by atoms with Crippen LogP contribution in [0.15, 0.2) is 12.2 Å². The van der Waals surface area contributed by atoms with Crippen molar-refractivity contribution in [1.29, 1.82) is 0 Å². The van der Waals surface area contributed by atoms with Gasteiger partial charge < -0.3 is 0 Å². The molecule has 0 N–H and O–H groups in total. The summed E-state index contributed by atoms with van der Waals surface area (Å²) >= 11 is 11.2. The number of alkyl halides is 2. The molecular weight excluding hydrogens is 131 g/mol. The zero-order chi connectivity index (χ0) is 5.65. The predicted molar refractivity (Wildman–Crippen MR) is 32.7 cm³/mol. The van der Waals surface area contributed by atoms with Crippen LogP contribution in [-0.4, -0.2) is 4.33 Å². The van der Waals surface area contributed by atoms with Gasteiger partial charge in [-0.05, 0) is 5.57 Å². The quantitative estimate of drug-likeness (QED) is 0.355. The van der Waals surface area contributed by atoms with Crippen LogP contribution < -0.4 is 0 Å². The first-order valence-corrected chi connectivity index (χ1v) is 2.89. The Hall–Kier alpha value is 0.320. The molecule has 0 saturated heterocycles.